The van der Waals surface area contributed by atoms with Gasteiger partial charge in [-0.2, -0.15) is 0 Å². The highest BCUT2D eigenvalue weighted by Crippen LogP contribution is 2.30. The first-order valence-corrected chi connectivity index (χ1v) is 7.53. The van der Waals surface area contributed by atoms with E-state index in [1.165, 1.54) is 11.1 Å². The smallest absolute Gasteiger partial charge is 0.260 e. The molecule has 1 amide bonds. The van der Waals surface area contributed by atoms with E-state index in [2.05, 4.69) is 6.07 Å². The van der Waals surface area contributed by atoms with Gasteiger partial charge in [0.25, 0.3) is 5.91 Å². The van der Waals surface area contributed by atoms with Crippen LogP contribution >= 0.6 is 0 Å². The standard InChI is InChI=1S/C16H22N2O2/c17-15-5-3-4-12-6-7-13(10-14(12)15)20-11-16(19)18-8-1-2-9-18/h6-7,10,15H,1-5,8-9,11,17H2/t15-/m0/s1. The fraction of sp³-hybridized carbons (Fsp3) is 0.562. The molecule has 1 aromatic carbocycles. The minimum atomic E-state index is 0.0875. The molecule has 2 aliphatic rings. The van der Waals surface area contributed by atoms with Gasteiger partial charge in [-0.05, 0) is 55.4 Å². The molecule has 2 N–H and O–H groups in total. The number of fused-ring (bicyclic) bond motifs is 1. The predicted molar refractivity (Wildman–Crippen MR) is 77.6 cm³/mol. The Kier molecular flexibility index (Phi) is 3.92. The lowest BCUT2D eigenvalue weighted by molar-refractivity contribution is -0.132. The zero-order valence-electron chi connectivity index (χ0n) is 11.8. The molecule has 1 saturated heterocycles. The first kappa shape index (κ1) is 13.4. The molecule has 0 bridgehead atoms. The van der Waals surface area contributed by atoms with Crippen LogP contribution in [0.1, 0.15) is 42.9 Å². The lowest BCUT2D eigenvalue weighted by Crippen LogP contribution is -2.32. The number of carbonyl (C=O) groups is 1. The zero-order valence-corrected chi connectivity index (χ0v) is 11.8. The highest BCUT2D eigenvalue weighted by Gasteiger charge is 2.20. The zero-order chi connectivity index (χ0) is 13.9. The molecule has 1 aliphatic carbocycles. The van der Waals surface area contributed by atoms with Crippen molar-refractivity contribution in [2.24, 2.45) is 5.73 Å². The van der Waals surface area contributed by atoms with Crippen LogP contribution in [0.3, 0.4) is 0 Å². The fourth-order valence-corrected chi connectivity index (χ4v) is 3.11. The summed E-state index contributed by atoms with van der Waals surface area (Å²) in [6.07, 6.45) is 5.50. The van der Waals surface area contributed by atoms with Gasteiger partial charge in [0.15, 0.2) is 6.61 Å². The average molecular weight is 274 g/mol. The van der Waals surface area contributed by atoms with Crippen LogP contribution in [0, 0.1) is 0 Å². The number of amides is 1. The second-order valence-corrected chi connectivity index (χ2v) is 5.74. The summed E-state index contributed by atoms with van der Waals surface area (Å²) < 4.78 is 5.65. The summed E-state index contributed by atoms with van der Waals surface area (Å²) in [5.74, 6) is 0.846. The number of aryl methyl sites for hydroxylation is 1. The van der Waals surface area contributed by atoms with Crippen LogP contribution < -0.4 is 10.5 Å². The first-order valence-electron chi connectivity index (χ1n) is 7.53. The van der Waals surface area contributed by atoms with Gasteiger partial charge in [0.05, 0.1) is 0 Å². The maximum absolute atomic E-state index is 11.9. The maximum atomic E-state index is 11.9. The second-order valence-electron chi connectivity index (χ2n) is 5.74. The second kappa shape index (κ2) is 5.83. The van der Waals surface area contributed by atoms with Crippen molar-refractivity contribution in [3.8, 4) is 5.75 Å². The Morgan fingerprint density at radius 1 is 1.30 bits per heavy atom. The van der Waals surface area contributed by atoms with Gasteiger partial charge in [-0.3, -0.25) is 4.79 Å². The van der Waals surface area contributed by atoms with E-state index in [4.69, 9.17) is 10.5 Å². The lowest BCUT2D eigenvalue weighted by atomic mass is 9.88. The molecule has 0 radical (unpaired) electrons. The molecule has 0 aromatic heterocycles. The van der Waals surface area contributed by atoms with Gasteiger partial charge >= 0.3 is 0 Å². The van der Waals surface area contributed by atoms with Crippen molar-refractivity contribution in [3.05, 3.63) is 29.3 Å². The number of likely N-dealkylation sites (tertiary alicyclic amines) is 1. The Hall–Kier alpha value is -1.55. The van der Waals surface area contributed by atoms with E-state index >= 15 is 0 Å². The first-order chi connectivity index (χ1) is 9.74. The molecule has 1 fully saturated rings. The van der Waals surface area contributed by atoms with Crippen LogP contribution in [0.5, 0.6) is 5.75 Å². The Balaban J connectivity index is 1.63. The van der Waals surface area contributed by atoms with E-state index in [1.807, 2.05) is 17.0 Å². The topological polar surface area (TPSA) is 55.6 Å². The third-order valence-corrected chi connectivity index (χ3v) is 4.30. The van der Waals surface area contributed by atoms with Crippen molar-refractivity contribution in [1.29, 1.82) is 0 Å². The van der Waals surface area contributed by atoms with Crippen LogP contribution in [0.2, 0.25) is 0 Å². The van der Waals surface area contributed by atoms with E-state index in [9.17, 15) is 4.79 Å². The summed E-state index contributed by atoms with van der Waals surface area (Å²) in [5, 5.41) is 0. The van der Waals surface area contributed by atoms with Crippen molar-refractivity contribution in [2.45, 2.75) is 38.1 Å². The van der Waals surface area contributed by atoms with Crippen LogP contribution in [0.15, 0.2) is 18.2 Å². The largest absolute Gasteiger partial charge is 0.484 e. The number of benzene rings is 1. The third kappa shape index (κ3) is 2.80. The summed E-state index contributed by atoms with van der Waals surface area (Å²) >= 11 is 0. The number of ether oxygens (including phenoxy) is 1. The molecule has 1 heterocycles. The summed E-state index contributed by atoms with van der Waals surface area (Å²) in [6.45, 7) is 1.88. The Labute approximate surface area is 119 Å². The van der Waals surface area contributed by atoms with Crippen LogP contribution in [0.25, 0.3) is 0 Å². The van der Waals surface area contributed by atoms with Gasteiger partial charge < -0.3 is 15.4 Å². The maximum Gasteiger partial charge on any atom is 0.260 e. The predicted octanol–water partition coefficient (Wildman–Crippen LogP) is 2.02. The summed E-state index contributed by atoms with van der Waals surface area (Å²) in [5.41, 5.74) is 8.64. The molecule has 20 heavy (non-hydrogen) atoms. The third-order valence-electron chi connectivity index (χ3n) is 4.30. The monoisotopic (exact) mass is 274 g/mol. The quantitative estimate of drug-likeness (QED) is 0.917. The highest BCUT2D eigenvalue weighted by molar-refractivity contribution is 5.78. The molecule has 108 valence electrons. The Bertz CT molecular complexity index is 495. The molecule has 1 aliphatic heterocycles. The van der Waals surface area contributed by atoms with E-state index in [0.717, 1.165) is 50.9 Å². The summed E-state index contributed by atoms with van der Waals surface area (Å²) in [7, 11) is 0. The van der Waals surface area contributed by atoms with Gasteiger partial charge in [0.2, 0.25) is 0 Å². The van der Waals surface area contributed by atoms with Gasteiger partial charge in [-0.15, -0.1) is 0 Å². The van der Waals surface area contributed by atoms with Crippen LogP contribution in [-0.2, 0) is 11.2 Å². The molecular weight excluding hydrogens is 252 g/mol. The molecule has 1 atom stereocenters. The number of nitrogens with zero attached hydrogens (tertiary/aromatic N) is 1. The van der Waals surface area contributed by atoms with E-state index in [0.29, 0.717) is 0 Å². The number of carbonyl (C=O) groups excluding carboxylic acids is 1. The average Bonchev–Trinajstić information content (AvgIpc) is 3.00. The molecule has 4 nitrogen and oxygen atoms in total. The van der Waals surface area contributed by atoms with E-state index in [-0.39, 0.29) is 18.6 Å². The van der Waals surface area contributed by atoms with Crippen LogP contribution in [0.4, 0.5) is 0 Å². The van der Waals surface area contributed by atoms with Crippen molar-refractivity contribution >= 4 is 5.91 Å². The van der Waals surface area contributed by atoms with E-state index in [1.54, 1.807) is 0 Å². The van der Waals surface area contributed by atoms with E-state index < -0.39 is 0 Å². The van der Waals surface area contributed by atoms with Gasteiger partial charge in [-0.25, -0.2) is 0 Å². The SMILES string of the molecule is N[C@H]1CCCc2ccc(OCC(=O)N3CCCC3)cc21. The summed E-state index contributed by atoms with van der Waals surface area (Å²) in [6, 6.07) is 6.16. The lowest BCUT2D eigenvalue weighted by Gasteiger charge is -2.23. The van der Waals surface area contributed by atoms with Crippen molar-refractivity contribution in [2.75, 3.05) is 19.7 Å². The molecule has 0 saturated carbocycles. The Morgan fingerprint density at radius 3 is 2.90 bits per heavy atom. The number of hydrogen-bond donors (Lipinski definition) is 1. The van der Waals surface area contributed by atoms with Crippen molar-refractivity contribution < 1.29 is 9.53 Å². The highest BCUT2D eigenvalue weighted by atomic mass is 16.5. The number of nitrogens with two attached hydrogens (primary N) is 1. The number of rotatable bonds is 3. The van der Waals surface area contributed by atoms with Crippen LogP contribution in [-0.4, -0.2) is 30.5 Å². The molecule has 3 rings (SSSR count). The van der Waals surface area contributed by atoms with Gasteiger partial charge in [0.1, 0.15) is 5.75 Å². The number of hydrogen-bond acceptors (Lipinski definition) is 3. The fourth-order valence-electron chi connectivity index (χ4n) is 3.11. The molecule has 1 aromatic rings. The van der Waals surface area contributed by atoms with Crippen molar-refractivity contribution in [1.82, 2.24) is 4.90 Å². The minimum Gasteiger partial charge on any atom is -0.484 e. The normalized spacial score (nSPS) is 21.6. The molecule has 0 spiro atoms. The van der Waals surface area contributed by atoms with Crippen molar-refractivity contribution in [3.63, 3.8) is 0 Å². The molecule has 4 heteroatoms. The molecule has 0 unspecified atom stereocenters. The Morgan fingerprint density at radius 2 is 2.10 bits per heavy atom. The summed E-state index contributed by atoms with van der Waals surface area (Å²) in [4.78, 5) is 13.8. The minimum absolute atomic E-state index is 0.0875. The van der Waals surface area contributed by atoms with Gasteiger partial charge in [-0.1, -0.05) is 6.07 Å². The van der Waals surface area contributed by atoms with Gasteiger partial charge in [0, 0.05) is 19.1 Å². The molecular formula is C16H22N2O2.